The van der Waals surface area contributed by atoms with Crippen LogP contribution in [-0.4, -0.2) is 18.2 Å². The molecule has 0 aliphatic rings. The molecule has 1 unspecified atom stereocenters. The second-order valence-electron chi connectivity index (χ2n) is 4.82. The van der Waals surface area contributed by atoms with Crippen LogP contribution in [0.15, 0.2) is 60.2 Å². The standard InChI is InChI=1S/C18H18O3/c1-13-8-10-15(11-9-13)17(19)16(18(20)21-2)12-14-6-4-3-5-7-14/h3-12,17,19H,1-2H3/b16-12+. The van der Waals surface area contributed by atoms with Gasteiger partial charge in [0.05, 0.1) is 12.7 Å². The fraction of sp³-hybridized carbons (Fsp3) is 0.167. The van der Waals surface area contributed by atoms with Crippen LogP contribution in [0.4, 0.5) is 0 Å². The summed E-state index contributed by atoms with van der Waals surface area (Å²) < 4.78 is 4.78. The molecule has 3 heteroatoms. The van der Waals surface area contributed by atoms with Gasteiger partial charge in [0.15, 0.2) is 0 Å². The molecule has 2 rings (SSSR count). The summed E-state index contributed by atoms with van der Waals surface area (Å²) in [6, 6.07) is 16.8. The van der Waals surface area contributed by atoms with Gasteiger partial charge >= 0.3 is 5.97 Å². The summed E-state index contributed by atoms with van der Waals surface area (Å²) >= 11 is 0. The van der Waals surface area contributed by atoms with Crippen molar-refractivity contribution in [2.75, 3.05) is 7.11 Å². The lowest BCUT2D eigenvalue weighted by Gasteiger charge is -2.14. The maximum Gasteiger partial charge on any atom is 0.336 e. The summed E-state index contributed by atoms with van der Waals surface area (Å²) in [4.78, 5) is 11.9. The van der Waals surface area contributed by atoms with Crippen LogP contribution in [0.25, 0.3) is 6.08 Å². The van der Waals surface area contributed by atoms with E-state index in [0.717, 1.165) is 11.1 Å². The van der Waals surface area contributed by atoms with E-state index in [9.17, 15) is 9.90 Å². The average Bonchev–Trinajstić information content (AvgIpc) is 2.53. The minimum Gasteiger partial charge on any atom is -0.466 e. The van der Waals surface area contributed by atoms with Gasteiger partial charge in [-0.2, -0.15) is 0 Å². The molecular formula is C18H18O3. The molecule has 2 aromatic carbocycles. The summed E-state index contributed by atoms with van der Waals surface area (Å²) in [5, 5.41) is 10.5. The SMILES string of the molecule is COC(=O)/C(=C/c1ccccc1)C(O)c1ccc(C)cc1. The number of carbonyl (C=O) groups excluding carboxylic acids is 1. The summed E-state index contributed by atoms with van der Waals surface area (Å²) in [7, 11) is 1.31. The largest absolute Gasteiger partial charge is 0.466 e. The minimum absolute atomic E-state index is 0.215. The van der Waals surface area contributed by atoms with Crippen molar-refractivity contribution < 1.29 is 14.6 Å². The van der Waals surface area contributed by atoms with E-state index in [4.69, 9.17) is 4.74 Å². The molecule has 0 heterocycles. The smallest absolute Gasteiger partial charge is 0.336 e. The first-order chi connectivity index (χ1) is 10.1. The van der Waals surface area contributed by atoms with Crippen molar-refractivity contribution in [3.05, 3.63) is 76.9 Å². The second kappa shape index (κ2) is 6.86. The predicted octanol–water partition coefficient (Wildman–Crippen LogP) is 3.29. The first kappa shape index (κ1) is 15.0. The van der Waals surface area contributed by atoms with E-state index in [-0.39, 0.29) is 5.57 Å². The lowest BCUT2D eigenvalue weighted by molar-refractivity contribution is -0.137. The topological polar surface area (TPSA) is 46.5 Å². The van der Waals surface area contributed by atoms with Gasteiger partial charge in [-0.1, -0.05) is 60.2 Å². The quantitative estimate of drug-likeness (QED) is 0.691. The highest BCUT2D eigenvalue weighted by molar-refractivity contribution is 5.94. The molecule has 0 aliphatic carbocycles. The Morgan fingerprint density at radius 3 is 2.29 bits per heavy atom. The van der Waals surface area contributed by atoms with Gasteiger partial charge in [-0.25, -0.2) is 4.79 Å². The zero-order valence-electron chi connectivity index (χ0n) is 12.1. The Morgan fingerprint density at radius 1 is 1.10 bits per heavy atom. The number of benzene rings is 2. The van der Waals surface area contributed by atoms with Crippen molar-refractivity contribution in [1.82, 2.24) is 0 Å². The summed E-state index contributed by atoms with van der Waals surface area (Å²) in [5.74, 6) is -0.535. The van der Waals surface area contributed by atoms with E-state index in [2.05, 4.69) is 0 Å². The first-order valence-electron chi connectivity index (χ1n) is 6.71. The van der Waals surface area contributed by atoms with Crippen LogP contribution >= 0.6 is 0 Å². The molecule has 0 radical (unpaired) electrons. The number of methoxy groups -OCH3 is 1. The van der Waals surface area contributed by atoms with E-state index in [1.165, 1.54) is 7.11 Å². The van der Waals surface area contributed by atoms with E-state index in [1.807, 2.05) is 61.5 Å². The molecule has 0 spiro atoms. The van der Waals surface area contributed by atoms with Gasteiger partial charge < -0.3 is 9.84 Å². The van der Waals surface area contributed by atoms with Crippen molar-refractivity contribution in [1.29, 1.82) is 0 Å². The zero-order chi connectivity index (χ0) is 15.2. The molecule has 0 bridgehead atoms. The normalized spacial score (nSPS) is 12.8. The lowest BCUT2D eigenvalue weighted by Crippen LogP contribution is -2.13. The van der Waals surface area contributed by atoms with E-state index in [1.54, 1.807) is 6.08 Å². The highest BCUT2D eigenvalue weighted by Gasteiger charge is 2.21. The van der Waals surface area contributed by atoms with Crippen molar-refractivity contribution in [2.24, 2.45) is 0 Å². The fourth-order valence-electron chi connectivity index (χ4n) is 2.02. The molecule has 0 aromatic heterocycles. The number of aliphatic hydroxyl groups excluding tert-OH is 1. The molecule has 0 saturated carbocycles. The third-order valence-corrected chi connectivity index (χ3v) is 3.23. The highest BCUT2D eigenvalue weighted by atomic mass is 16.5. The van der Waals surface area contributed by atoms with Crippen LogP contribution in [0.2, 0.25) is 0 Å². The summed E-state index contributed by atoms with van der Waals surface area (Å²) in [6.45, 7) is 1.97. The Labute approximate surface area is 124 Å². The Morgan fingerprint density at radius 2 is 1.71 bits per heavy atom. The van der Waals surface area contributed by atoms with Gasteiger partial charge in [0.25, 0.3) is 0 Å². The van der Waals surface area contributed by atoms with Gasteiger partial charge in [0, 0.05) is 0 Å². The van der Waals surface area contributed by atoms with Crippen LogP contribution in [0.5, 0.6) is 0 Å². The predicted molar refractivity (Wildman–Crippen MR) is 82.6 cm³/mol. The average molecular weight is 282 g/mol. The van der Waals surface area contributed by atoms with E-state index in [0.29, 0.717) is 5.56 Å². The number of esters is 1. The molecular weight excluding hydrogens is 264 g/mol. The van der Waals surface area contributed by atoms with Gasteiger partial charge in [-0.3, -0.25) is 0 Å². The van der Waals surface area contributed by atoms with Crippen LogP contribution in [0, 0.1) is 6.92 Å². The molecule has 0 amide bonds. The number of hydrogen-bond donors (Lipinski definition) is 1. The number of aliphatic hydroxyl groups is 1. The number of aryl methyl sites for hydroxylation is 1. The molecule has 1 atom stereocenters. The minimum atomic E-state index is -1.02. The third kappa shape index (κ3) is 3.80. The summed E-state index contributed by atoms with van der Waals surface area (Å²) in [5.41, 5.74) is 2.81. The number of rotatable bonds is 4. The first-order valence-corrected chi connectivity index (χ1v) is 6.71. The van der Waals surface area contributed by atoms with Crippen LogP contribution in [0.3, 0.4) is 0 Å². The van der Waals surface area contributed by atoms with Crippen LogP contribution < -0.4 is 0 Å². The van der Waals surface area contributed by atoms with Crippen molar-refractivity contribution in [2.45, 2.75) is 13.0 Å². The third-order valence-electron chi connectivity index (χ3n) is 3.23. The van der Waals surface area contributed by atoms with Crippen LogP contribution in [-0.2, 0) is 9.53 Å². The van der Waals surface area contributed by atoms with Crippen molar-refractivity contribution >= 4 is 12.0 Å². The molecule has 108 valence electrons. The van der Waals surface area contributed by atoms with Gasteiger partial charge in [0.2, 0.25) is 0 Å². The maximum atomic E-state index is 11.9. The number of hydrogen-bond acceptors (Lipinski definition) is 3. The van der Waals surface area contributed by atoms with Gasteiger partial charge in [-0.05, 0) is 24.1 Å². The molecule has 21 heavy (non-hydrogen) atoms. The van der Waals surface area contributed by atoms with Crippen LogP contribution in [0.1, 0.15) is 22.8 Å². The maximum absolute atomic E-state index is 11.9. The molecule has 0 saturated heterocycles. The Kier molecular flexibility index (Phi) is 4.90. The zero-order valence-corrected chi connectivity index (χ0v) is 12.1. The Bertz CT molecular complexity index is 627. The van der Waals surface area contributed by atoms with Crippen molar-refractivity contribution in [3.8, 4) is 0 Å². The number of ether oxygens (including phenoxy) is 1. The molecule has 2 aromatic rings. The number of carbonyl (C=O) groups is 1. The Balaban J connectivity index is 2.38. The molecule has 0 aliphatic heterocycles. The molecule has 1 N–H and O–H groups in total. The lowest BCUT2D eigenvalue weighted by atomic mass is 9.98. The molecule has 3 nitrogen and oxygen atoms in total. The van der Waals surface area contributed by atoms with Gasteiger partial charge in [0.1, 0.15) is 6.10 Å². The summed E-state index contributed by atoms with van der Waals surface area (Å²) in [6.07, 6.45) is 0.634. The van der Waals surface area contributed by atoms with Gasteiger partial charge in [-0.15, -0.1) is 0 Å². The fourth-order valence-corrected chi connectivity index (χ4v) is 2.02. The highest BCUT2D eigenvalue weighted by Crippen LogP contribution is 2.25. The monoisotopic (exact) mass is 282 g/mol. The second-order valence-corrected chi connectivity index (χ2v) is 4.82. The van der Waals surface area contributed by atoms with E-state index < -0.39 is 12.1 Å². The Hall–Kier alpha value is -2.39. The van der Waals surface area contributed by atoms with Crippen molar-refractivity contribution in [3.63, 3.8) is 0 Å². The van der Waals surface area contributed by atoms with E-state index >= 15 is 0 Å². The molecule has 0 fully saturated rings.